The molecule has 0 bridgehead atoms. The van der Waals surface area contributed by atoms with Crippen molar-refractivity contribution in [1.29, 1.82) is 0 Å². The molecule has 4 aromatic rings. The molecule has 0 atom stereocenters. The number of thiophene rings is 1. The van der Waals surface area contributed by atoms with Gasteiger partial charge in [0.1, 0.15) is 22.3 Å². The highest BCUT2D eigenvalue weighted by Crippen LogP contribution is 2.41. The lowest BCUT2D eigenvalue weighted by Crippen LogP contribution is -2.04. The van der Waals surface area contributed by atoms with Gasteiger partial charge in [0, 0.05) is 16.1 Å². The molecule has 0 fully saturated rings. The van der Waals surface area contributed by atoms with E-state index in [1.165, 1.54) is 12.1 Å². The van der Waals surface area contributed by atoms with Crippen LogP contribution in [0.3, 0.4) is 0 Å². The molecule has 0 aliphatic heterocycles. The van der Waals surface area contributed by atoms with Gasteiger partial charge in [-0.25, -0.2) is 19.2 Å². The molecule has 0 unspecified atom stereocenters. The number of esters is 1. The molecule has 7 heteroatoms. The molecule has 0 amide bonds. The highest BCUT2D eigenvalue weighted by molar-refractivity contribution is 7.19. The highest BCUT2D eigenvalue weighted by atomic mass is 32.1. The molecule has 0 radical (unpaired) electrons. The highest BCUT2D eigenvalue weighted by Gasteiger charge is 2.18. The molecule has 2 aromatic carbocycles. The molecule has 5 nitrogen and oxygen atoms in total. The minimum atomic E-state index is -0.351. The number of aryl methyl sites for hydroxylation is 2. The Balaban J connectivity index is 1.77. The molecule has 0 saturated carbocycles. The third kappa shape index (κ3) is 3.89. The lowest BCUT2D eigenvalue weighted by atomic mass is 10.0. The van der Waals surface area contributed by atoms with Crippen molar-refractivity contribution in [2.45, 2.75) is 20.8 Å². The first-order chi connectivity index (χ1) is 14.5. The molecule has 2 heterocycles. The summed E-state index contributed by atoms with van der Waals surface area (Å²) < 4.78 is 18.5. The topological polar surface area (TPSA) is 64.1 Å². The Labute approximate surface area is 177 Å². The van der Waals surface area contributed by atoms with Crippen molar-refractivity contribution < 1.29 is 13.9 Å². The Kier molecular flexibility index (Phi) is 5.46. The summed E-state index contributed by atoms with van der Waals surface area (Å²) in [6.45, 7) is 5.98. The summed E-state index contributed by atoms with van der Waals surface area (Å²) in [7, 11) is 0. The van der Waals surface area contributed by atoms with Crippen LogP contribution in [0, 0.1) is 19.7 Å². The maximum absolute atomic E-state index is 13.4. The van der Waals surface area contributed by atoms with E-state index in [9.17, 15) is 9.18 Å². The van der Waals surface area contributed by atoms with Crippen molar-refractivity contribution in [2.24, 2.45) is 0 Å². The third-order valence-corrected chi connectivity index (χ3v) is 5.63. The van der Waals surface area contributed by atoms with E-state index in [4.69, 9.17) is 4.74 Å². The zero-order valence-electron chi connectivity index (χ0n) is 16.8. The van der Waals surface area contributed by atoms with Gasteiger partial charge in [0.25, 0.3) is 0 Å². The second kappa shape index (κ2) is 8.20. The Morgan fingerprint density at radius 3 is 2.43 bits per heavy atom. The quantitative estimate of drug-likeness (QED) is 0.398. The van der Waals surface area contributed by atoms with Crippen LogP contribution in [-0.4, -0.2) is 22.5 Å². The van der Waals surface area contributed by atoms with E-state index < -0.39 is 0 Å². The molecule has 2 aromatic heterocycles. The van der Waals surface area contributed by atoms with E-state index in [1.807, 2.05) is 26.0 Å². The predicted molar refractivity (Wildman–Crippen MR) is 118 cm³/mol. The average molecular weight is 421 g/mol. The van der Waals surface area contributed by atoms with E-state index in [2.05, 4.69) is 15.3 Å². The standard InChI is InChI=1S/C23H20FN3O2S/c1-4-29-23(28)16-7-11-18(12-8-16)27-21-20-19(15-5-9-17(24)10-6-15)13(2)30-22(20)26-14(3)25-21/h5-12H,4H2,1-3H3,(H,25,26,27). The van der Waals surface area contributed by atoms with Crippen LogP contribution in [0.15, 0.2) is 48.5 Å². The Morgan fingerprint density at radius 2 is 1.77 bits per heavy atom. The number of carbonyl (C=O) groups is 1. The zero-order chi connectivity index (χ0) is 21.3. The fourth-order valence-electron chi connectivity index (χ4n) is 3.31. The van der Waals surface area contributed by atoms with E-state index in [0.29, 0.717) is 23.8 Å². The number of aromatic nitrogens is 2. The summed E-state index contributed by atoms with van der Waals surface area (Å²) in [5, 5.41) is 4.24. The summed E-state index contributed by atoms with van der Waals surface area (Å²) in [5.41, 5.74) is 3.18. The van der Waals surface area contributed by atoms with Crippen molar-refractivity contribution in [3.8, 4) is 11.1 Å². The van der Waals surface area contributed by atoms with Crippen LogP contribution in [0.25, 0.3) is 21.3 Å². The van der Waals surface area contributed by atoms with Gasteiger partial charge in [-0.3, -0.25) is 0 Å². The van der Waals surface area contributed by atoms with Gasteiger partial charge in [-0.05, 0) is 62.7 Å². The first-order valence-corrected chi connectivity index (χ1v) is 10.4. The zero-order valence-corrected chi connectivity index (χ0v) is 17.6. The fraction of sp³-hybridized carbons (Fsp3) is 0.174. The van der Waals surface area contributed by atoms with Gasteiger partial charge in [-0.15, -0.1) is 11.3 Å². The number of ether oxygens (including phenoxy) is 1. The van der Waals surface area contributed by atoms with Gasteiger partial charge in [0.2, 0.25) is 0 Å². The van der Waals surface area contributed by atoms with E-state index in [0.717, 1.165) is 31.9 Å². The number of benzene rings is 2. The maximum atomic E-state index is 13.4. The number of hydrogen-bond acceptors (Lipinski definition) is 6. The van der Waals surface area contributed by atoms with Gasteiger partial charge in [-0.1, -0.05) is 12.1 Å². The fourth-order valence-corrected chi connectivity index (χ4v) is 4.40. The van der Waals surface area contributed by atoms with Crippen molar-refractivity contribution in [3.05, 3.63) is 70.6 Å². The molecule has 0 saturated heterocycles. The monoisotopic (exact) mass is 421 g/mol. The largest absolute Gasteiger partial charge is 0.462 e. The smallest absolute Gasteiger partial charge is 0.338 e. The van der Waals surface area contributed by atoms with Crippen LogP contribution < -0.4 is 5.32 Å². The molecule has 30 heavy (non-hydrogen) atoms. The first kappa shape index (κ1) is 20.0. The SMILES string of the molecule is CCOC(=O)c1ccc(Nc2nc(C)nc3sc(C)c(-c4ccc(F)cc4)c23)cc1. The van der Waals surface area contributed by atoms with Gasteiger partial charge in [0.15, 0.2) is 0 Å². The molecule has 1 N–H and O–H groups in total. The number of nitrogens with one attached hydrogen (secondary N) is 1. The molecule has 0 aliphatic rings. The number of fused-ring (bicyclic) bond motifs is 1. The summed E-state index contributed by atoms with van der Waals surface area (Å²) >= 11 is 1.58. The van der Waals surface area contributed by atoms with Crippen molar-refractivity contribution >= 4 is 39.0 Å². The molecule has 152 valence electrons. The van der Waals surface area contributed by atoms with Crippen molar-refractivity contribution in [2.75, 3.05) is 11.9 Å². The number of carbonyl (C=O) groups excluding carboxylic acids is 1. The van der Waals surface area contributed by atoms with Crippen LogP contribution in [0.1, 0.15) is 28.0 Å². The molecule has 0 spiro atoms. The number of rotatable bonds is 5. The van der Waals surface area contributed by atoms with Crippen molar-refractivity contribution in [3.63, 3.8) is 0 Å². The average Bonchev–Trinajstić information content (AvgIpc) is 3.05. The maximum Gasteiger partial charge on any atom is 0.338 e. The molecule has 4 rings (SSSR count). The lowest BCUT2D eigenvalue weighted by Gasteiger charge is -2.11. The minimum absolute atomic E-state index is 0.275. The van der Waals surface area contributed by atoms with E-state index in [1.54, 1.807) is 42.5 Å². The summed E-state index contributed by atoms with van der Waals surface area (Å²) in [6.07, 6.45) is 0. The normalized spacial score (nSPS) is 10.9. The Hall–Kier alpha value is -3.32. The van der Waals surface area contributed by atoms with Gasteiger partial charge in [-0.2, -0.15) is 0 Å². The summed E-state index contributed by atoms with van der Waals surface area (Å²) in [6, 6.07) is 13.5. The second-order valence-corrected chi connectivity index (χ2v) is 7.97. The number of hydrogen-bond donors (Lipinski definition) is 1. The van der Waals surface area contributed by atoms with Gasteiger partial charge in [0.05, 0.1) is 17.6 Å². The Morgan fingerprint density at radius 1 is 1.07 bits per heavy atom. The lowest BCUT2D eigenvalue weighted by molar-refractivity contribution is 0.0526. The molecule has 0 aliphatic carbocycles. The summed E-state index contributed by atoms with van der Waals surface area (Å²) in [4.78, 5) is 23.0. The van der Waals surface area contributed by atoms with E-state index in [-0.39, 0.29) is 11.8 Å². The van der Waals surface area contributed by atoms with Crippen LogP contribution in [-0.2, 0) is 4.74 Å². The number of nitrogens with zero attached hydrogens (tertiary/aromatic N) is 2. The van der Waals surface area contributed by atoms with Gasteiger partial charge < -0.3 is 10.1 Å². The number of anilines is 2. The third-order valence-electron chi connectivity index (χ3n) is 4.63. The summed E-state index contributed by atoms with van der Waals surface area (Å²) in [5.74, 6) is 0.699. The van der Waals surface area contributed by atoms with Crippen molar-refractivity contribution in [1.82, 2.24) is 9.97 Å². The first-order valence-electron chi connectivity index (χ1n) is 9.54. The molecular weight excluding hydrogens is 401 g/mol. The van der Waals surface area contributed by atoms with Crippen LogP contribution in [0.4, 0.5) is 15.9 Å². The minimum Gasteiger partial charge on any atom is -0.462 e. The van der Waals surface area contributed by atoms with Crippen LogP contribution in [0.5, 0.6) is 0 Å². The van der Waals surface area contributed by atoms with Gasteiger partial charge >= 0.3 is 5.97 Å². The van der Waals surface area contributed by atoms with Crippen LogP contribution in [0.2, 0.25) is 0 Å². The Bertz CT molecular complexity index is 1220. The van der Waals surface area contributed by atoms with Crippen LogP contribution >= 0.6 is 11.3 Å². The van der Waals surface area contributed by atoms with E-state index >= 15 is 0 Å². The second-order valence-electron chi connectivity index (χ2n) is 6.76. The molecular formula is C23H20FN3O2S. The number of halogens is 1. The predicted octanol–water partition coefficient (Wildman–Crippen LogP) is 6.03.